The first-order valence-electron chi connectivity index (χ1n) is 15.6. The maximum Gasteiger partial charge on any atom is 0.332 e. The second-order valence-electron chi connectivity index (χ2n) is 12.2. The fraction of sp³-hybridized carbons (Fsp3) is 0.559. The number of hydrogen-bond acceptors (Lipinski definition) is 4. The average molecular weight is 581 g/mol. The number of benzene rings is 2. The summed E-state index contributed by atoms with van der Waals surface area (Å²) < 4.78 is 30.5. The molecule has 5 atom stereocenters. The number of ketones is 1. The van der Waals surface area contributed by atoms with Crippen LogP contribution in [0.1, 0.15) is 75.3 Å². The molecule has 2 aromatic rings. The van der Waals surface area contributed by atoms with Crippen LogP contribution in [0.15, 0.2) is 60.7 Å². The number of carbonyl (C=O) groups excluding carboxylic acids is 3. The predicted molar refractivity (Wildman–Crippen MR) is 156 cm³/mol. The number of hydrogen-bond donors (Lipinski definition) is 1. The van der Waals surface area contributed by atoms with Crippen molar-refractivity contribution in [3.63, 3.8) is 0 Å². The Morgan fingerprint density at radius 2 is 1.48 bits per heavy atom. The molecule has 3 aliphatic rings. The van der Waals surface area contributed by atoms with Crippen molar-refractivity contribution in [2.75, 3.05) is 6.54 Å². The van der Waals surface area contributed by atoms with Gasteiger partial charge in [0.15, 0.2) is 0 Å². The van der Waals surface area contributed by atoms with E-state index < -0.39 is 29.9 Å². The van der Waals surface area contributed by atoms with Crippen molar-refractivity contribution in [1.29, 1.82) is 0 Å². The Kier molecular flexibility index (Phi) is 9.71. The number of likely N-dealkylation sites (tertiary alicyclic amines) is 2. The van der Waals surface area contributed by atoms with Crippen LogP contribution in [-0.4, -0.2) is 69.2 Å². The Hall–Kier alpha value is -3.13. The molecule has 1 saturated carbocycles. The van der Waals surface area contributed by atoms with Crippen LogP contribution in [0.2, 0.25) is 0 Å². The van der Waals surface area contributed by atoms with E-state index in [-0.39, 0.29) is 49.6 Å². The lowest BCUT2D eigenvalue weighted by molar-refractivity contribution is -0.172. The number of Topliss-reactive ketones (excluding diaryl/α,β-unsaturated/α-hetero) is 1. The van der Waals surface area contributed by atoms with Gasteiger partial charge in [-0.2, -0.15) is 8.78 Å². The number of nitrogens with zero attached hydrogens (tertiary/aromatic N) is 2. The van der Waals surface area contributed by atoms with Crippen molar-refractivity contribution in [3.05, 3.63) is 71.8 Å². The fourth-order valence-corrected chi connectivity index (χ4v) is 7.34. The number of aryl methyl sites for hydroxylation is 2. The van der Waals surface area contributed by atoms with Gasteiger partial charge in [0.1, 0.15) is 12.1 Å². The number of aliphatic hydroxyl groups excluding tert-OH is 1. The van der Waals surface area contributed by atoms with E-state index in [0.29, 0.717) is 32.1 Å². The highest BCUT2D eigenvalue weighted by molar-refractivity contribution is 5.90. The van der Waals surface area contributed by atoms with Gasteiger partial charge in [-0.05, 0) is 74.8 Å². The molecule has 1 unspecified atom stereocenters. The first-order chi connectivity index (χ1) is 20.3. The lowest BCUT2D eigenvalue weighted by atomic mass is 9.95. The summed E-state index contributed by atoms with van der Waals surface area (Å²) in [7, 11) is 0. The fourth-order valence-electron chi connectivity index (χ4n) is 7.34. The number of halogens is 2. The minimum absolute atomic E-state index is 0.00165. The molecule has 2 saturated heterocycles. The average Bonchev–Trinajstić information content (AvgIpc) is 3.74. The molecule has 1 aliphatic carbocycles. The number of amides is 2. The highest BCUT2D eigenvalue weighted by Gasteiger charge is 2.55. The van der Waals surface area contributed by atoms with Crippen molar-refractivity contribution in [3.8, 4) is 0 Å². The summed E-state index contributed by atoms with van der Waals surface area (Å²) in [5.41, 5.74) is 2.12. The van der Waals surface area contributed by atoms with Gasteiger partial charge in [0.2, 0.25) is 17.6 Å². The summed E-state index contributed by atoms with van der Waals surface area (Å²) in [6.45, 7) is 0.237. The van der Waals surface area contributed by atoms with Crippen molar-refractivity contribution in [2.24, 2.45) is 5.92 Å². The van der Waals surface area contributed by atoms with Gasteiger partial charge in [0.05, 0.1) is 6.04 Å². The molecular formula is C34H42F2N2O4. The SMILES string of the molecule is O=C([C@@H]1C[C@@H]2CCC[C@@H]2N1C(=O)CCCc1ccccc1)N1CCC[C@H]1C(O)C(F)(F)C(=O)CCCc1ccccc1. The Labute approximate surface area is 247 Å². The van der Waals surface area contributed by atoms with E-state index in [9.17, 15) is 19.5 Å². The van der Waals surface area contributed by atoms with Gasteiger partial charge in [-0.15, -0.1) is 0 Å². The highest BCUT2D eigenvalue weighted by atomic mass is 19.3. The molecule has 3 fully saturated rings. The van der Waals surface area contributed by atoms with Crippen LogP contribution in [0.4, 0.5) is 8.78 Å². The van der Waals surface area contributed by atoms with Crippen LogP contribution in [-0.2, 0) is 27.2 Å². The van der Waals surface area contributed by atoms with Crippen LogP contribution in [0.25, 0.3) is 0 Å². The lowest BCUT2D eigenvalue weighted by Gasteiger charge is -2.36. The van der Waals surface area contributed by atoms with E-state index in [1.807, 2.05) is 60.7 Å². The van der Waals surface area contributed by atoms with Gasteiger partial charge in [-0.25, -0.2) is 0 Å². The number of alkyl halides is 2. The Morgan fingerprint density at radius 1 is 0.857 bits per heavy atom. The molecule has 0 spiro atoms. The molecule has 42 heavy (non-hydrogen) atoms. The van der Waals surface area contributed by atoms with Crippen molar-refractivity contribution < 1.29 is 28.3 Å². The molecule has 2 amide bonds. The van der Waals surface area contributed by atoms with Crippen LogP contribution in [0.5, 0.6) is 0 Å². The number of carbonyl (C=O) groups is 3. The zero-order chi connectivity index (χ0) is 29.7. The molecule has 5 rings (SSSR count). The highest BCUT2D eigenvalue weighted by Crippen LogP contribution is 2.43. The Morgan fingerprint density at radius 3 is 2.12 bits per heavy atom. The summed E-state index contributed by atoms with van der Waals surface area (Å²) in [5.74, 6) is -5.45. The van der Waals surface area contributed by atoms with E-state index in [1.165, 1.54) is 4.90 Å². The molecule has 2 heterocycles. The normalized spacial score (nSPS) is 24.5. The van der Waals surface area contributed by atoms with Gasteiger partial charge >= 0.3 is 5.92 Å². The predicted octanol–water partition coefficient (Wildman–Crippen LogP) is 5.36. The van der Waals surface area contributed by atoms with Gasteiger partial charge < -0.3 is 14.9 Å². The third kappa shape index (κ3) is 6.59. The number of aliphatic hydroxyl groups is 1. The first-order valence-corrected chi connectivity index (χ1v) is 15.6. The molecular weight excluding hydrogens is 538 g/mol. The van der Waals surface area contributed by atoms with Crippen LogP contribution in [0, 0.1) is 5.92 Å². The zero-order valence-corrected chi connectivity index (χ0v) is 24.2. The van der Waals surface area contributed by atoms with E-state index in [2.05, 4.69) is 0 Å². The summed E-state index contributed by atoms with van der Waals surface area (Å²) in [6, 6.07) is 17.5. The molecule has 0 aromatic heterocycles. The maximum atomic E-state index is 15.3. The Bertz CT molecular complexity index is 1220. The minimum Gasteiger partial charge on any atom is -0.384 e. The quantitative estimate of drug-likeness (QED) is 0.367. The molecule has 1 N–H and O–H groups in total. The maximum absolute atomic E-state index is 15.3. The molecule has 0 radical (unpaired) electrons. The van der Waals surface area contributed by atoms with Crippen LogP contribution in [0.3, 0.4) is 0 Å². The Balaban J connectivity index is 1.22. The van der Waals surface area contributed by atoms with E-state index >= 15 is 8.78 Å². The van der Waals surface area contributed by atoms with Crippen molar-refractivity contribution in [1.82, 2.24) is 9.80 Å². The van der Waals surface area contributed by atoms with Crippen molar-refractivity contribution in [2.45, 2.75) is 107 Å². The standard InChI is InChI=1S/C34H42F2N2O4/c35-34(36,30(39)20-7-15-24-11-3-1-4-12-24)32(41)28-19-10-22-37(28)33(42)29-23-26-17-9-18-27(26)38(29)31(40)21-8-16-25-13-5-2-6-14-25/h1-6,11-14,26-29,32,41H,7-10,15-23H2/t26-,27-,28-,29-,32?/m0/s1. The number of rotatable bonds is 12. The van der Waals surface area contributed by atoms with E-state index in [4.69, 9.17) is 0 Å². The van der Waals surface area contributed by atoms with Crippen LogP contribution < -0.4 is 0 Å². The van der Waals surface area contributed by atoms with Crippen molar-refractivity contribution >= 4 is 17.6 Å². The topological polar surface area (TPSA) is 77.9 Å². The monoisotopic (exact) mass is 580 g/mol. The third-order valence-corrected chi connectivity index (χ3v) is 9.51. The summed E-state index contributed by atoms with van der Waals surface area (Å²) >= 11 is 0. The summed E-state index contributed by atoms with van der Waals surface area (Å²) in [6.07, 6.45) is 3.88. The molecule has 2 aliphatic heterocycles. The van der Waals surface area contributed by atoms with Gasteiger partial charge in [0.25, 0.3) is 0 Å². The molecule has 226 valence electrons. The van der Waals surface area contributed by atoms with Crippen LogP contribution >= 0.6 is 0 Å². The largest absolute Gasteiger partial charge is 0.384 e. The zero-order valence-electron chi connectivity index (χ0n) is 24.2. The van der Waals surface area contributed by atoms with Gasteiger partial charge in [-0.1, -0.05) is 67.1 Å². The van der Waals surface area contributed by atoms with E-state index in [0.717, 1.165) is 36.8 Å². The van der Waals surface area contributed by atoms with Gasteiger partial charge in [0, 0.05) is 25.4 Å². The molecule has 8 heteroatoms. The van der Waals surface area contributed by atoms with Gasteiger partial charge in [-0.3, -0.25) is 14.4 Å². The number of fused-ring (bicyclic) bond motifs is 1. The smallest absolute Gasteiger partial charge is 0.332 e. The summed E-state index contributed by atoms with van der Waals surface area (Å²) in [4.78, 5) is 43.1. The molecule has 0 bridgehead atoms. The minimum atomic E-state index is -3.96. The molecule has 6 nitrogen and oxygen atoms in total. The lowest BCUT2D eigenvalue weighted by Crippen LogP contribution is -2.57. The molecule has 2 aromatic carbocycles. The second-order valence-corrected chi connectivity index (χ2v) is 12.2. The summed E-state index contributed by atoms with van der Waals surface area (Å²) in [5, 5.41) is 10.8. The third-order valence-electron chi connectivity index (χ3n) is 9.51. The van der Waals surface area contributed by atoms with E-state index in [1.54, 1.807) is 4.90 Å². The first kappa shape index (κ1) is 30.3. The second kappa shape index (κ2) is 13.4.